The zero-order valence-corrected chi connectivity index (χ0v) is 26.3. The highest BCUT2D eigenvalue weighted by Gasteiger charge is 2.21. The lowest BCUT2D eigenvalue weighted by Gasteiger charge is -2.18. The fourth-order valence-corrected chi connectivity index (χ4v) is 5.07. The SMILES string of the molecule is CCOc1cc(C)c(-c2nc3ccccc3c(=O)n2N=Cc2cc(Br)c(O[C@@H](C)C(=O)OC)c(OC)c2)cc1C(C)C. The van der Waals surface area contributed by atoms with E-state index in [9.17, 15) is 9.59 Å². The van der Waals surface area contributed by atoms with E-state index in [1.165, 1.54) is 18.9 Å². The number of fused-ring (bicyclic) bond motifs is 1. The molecule has 0 bridgehead atoms. The zero-order valence-electron chi connectivity index (χ0n) is 24.7. The maximum Gasteiger partial charge on any atom is 0.346 e. The summed E-state index contributed by atoms with van der Waals surface area (Å²) in [6.45, 7) is 10.2. The predicted octanol–water partition coefficient (Wildman–Crippen LogP) is 6.49. The Balaban J connectivity index is 1.87. The van der Waals surface area contributed by atoms with E-state index < -0.39 is 12.1 Å². The highest BCUT2D eigenvalue weighted by Crippen LogP contribution is 2.37. The average Bonchev–Trinajstić information content (AvgIpc) is 2.97. The minimum absolute atomic E-state index is 0.183. The van der Waals surface area contributed by atoms with Crippen LogP contribution >= 0.6 is 15.9 Å². The molecule has 42 heavy (non-hydrogen) atoms. The third kappa shape index (κ3) is 6.33. The zero-order chi connectivity index (χ0) is 30.6. The number of esters is 1. The number of ether oxygens (including phenoxy) is 4. The molecule has 1 heterocycles. The van der Waals surface area contributed by atoms with Crippen LogP contribution in [-0.4, -0.2) is 48.8 Å². The van der Waals surface area contributed by atoms with Crippen molar-refractivity contribution in [2.24, 2.45) is 5.10 Å². The molecule has 0 saturated heterocycles. The Morgan fingerprint density at radius 3 is 2.50 bits per heavy atom. The van der Waals surface area contributed by atoms with E-state index in [0.29, 0.717) is 44.9 Å². The summed E-state index contributed by atoms with van der Waals surface area (Å²) >= 11 is 3.50. The number of aryl methyl sites for hydroxylation is 1. The molecule has 0 amide bonds. The van der Waals surface area contributed by atoms with Gasteiger partial charge in [-0.1, -0.05) is 26.0 Å². The number of para-hydroxylation sites is 1. The van der Waals surface area contributed by atoms with Gasteiger partial charge in [0.05, 0.1) is 42.4 Å². The maximum absolute atomic E-state index is 13.8. The van der Waals surface area contributed by atoms with Gasteiger partial charge >= 0.3 is 5.97 Å². The molecule has 9 nitrogen and oxygen atoms in total. The molecule has 0 aliphatic rings. The van der Waals surface area contributed by atoms with Crippen molar-refractivity contribution in [1.29, 1.82) is 0 Å². The Kier molecular flexibility index (Phi) is 9.67. The van der Waals surface area contributed by atoms with Gasteiger partial charge in [-0.3, -0.25) is 4.79 Å². The lowest BCUT2D eigenvalue weighted by Crippen LogP contribution is -2.25. The molecule has 0 radical (unpaired) electrons. The van der Waals surface area contributed by atoms with Crippen LogP contribution in [0.2, 0.25) is 0 Å². The smallest absolute Gasteiger partial charge is 0.346 e. The molecule has 0 aliphatic carbocycles. The van der Waals surface area contributed by atoms with Crippen LogP contribution in [0.4, 0.5) is 0 Å². The second-order valence-electron chi connectivity index (χ2n) is 9.92. The van der Waals surface area contributed by atoms with Crippen molar-refractivity contribution in [3.8, 4) is 28.6 Å². The van der Waals surface area contributed by atoms with Crippen LogP contribution in [0.1, 0.15) is 50.3 Å². The van der Waals surface area contributed by atoms with Gasteiger partial charge < -0.3 is 18.9 Å². The Morgan fingerprint density at radius 1 is 1.10 bits per heavy atom. The van der Waals surface area contributed by atoms with Crippen molar-refractivity contribution in [3.05, 3.63) is 80.0 Å². The first-order chi connectivity index (χ1) is 20.1. The molecular formula is C32H34BrN3O6. The van der Waals surface area contributed by atoms with Gasteiger partial charge in [0.25, 0.3) is 5.56 Å². The van der Waals surface area contributed by atoms with Gasteiger partial charge in [0.2, 0.25) is 0 Å². The van der Waals surface area contributed by atoms with Crippen LogP contribution in [0.15, 0.2) is 62.9 Å². The number of benzene rings is 3. The van der Waals surface area contributed by atoms with Crippen LogP contribution in [0.3, 0.4) is 0 Å². The number of hydrogen-bond donors (Lipinski definition) is 0. The fourth-order valence-electron chi connectivity index (χ4n) is 4.52. The number of nitrogens with zero attached hydrogens (tertiary/aromatic N) is 3. The van der Waals surface area contributed by atoms with Gasteiger partial charge in [0.15, 0.2) is 23.4 Å². The van der Waals surface area contributed by atoms with Crippen molar-refractivity contribution in [3.63, 3.8) is 0 Å². The molecule has 0 spiro atoms. The third-order valence-electron chi connectivity index (χ3n) is 6.68. The lowest BCUT2D eigenvalue weighted by molar-refractivity contribution is -0.147. The van der Waals surface area contributed by atoms with E-state index in [1.807, 2.05) is 38.1 Å². The highest BCUT2D eigenvalue weighted by atomic mass is 79.9. The minimum Gasteiger partial charge on any atom is -0.494 e. The predicted molar refractivity (Wildman–Crippen MR) is 167 cm³/mol. The fraction of sp³-hybridized carbons (Fsp3) is 0.312. The summed E-state index contributed by atoms with van der Waals surface area (Å²) < 4.78 is 23.8. The Morgan fingerprint density at radius 2 is 1.83 bits per heavy atom. The Labute approximate surface area is 253 Å². The van der Waals surface area contributed by atoms with Gasteiger partial charge in [-0.25, -0.2) is 9.78 Å². The molecule has 1 aromatic heterocycles. The number of rotatable bonds is 10. The van der Waals surface area contributed by atoms with Crippen LogP contribution < -0.4 is 19.8 Å². The van der Waals surface area contributed by atoms with E-state index in [2.05, 4.69) is 34.9 Å². The summed E-state index contributed by atoms with van der Waals surface area (Å²) in [5.41, 5.74) is 3.59. The standard InChI is InChI=1S/C32H34BrN3O6/c1-8-41-27-13-19(4)24(16-23(27)18(2)3)30-35-26-12-10-9-11-22(26)31(37)36(30)34-17-21-14-25(33)29(28(15-21)39-6)42-20(5)32(38)40-7/h9-18,20H,8H2,1-7H3/t20-/m0/s1. The molecule has 4 aromatic rings. The number of hydrogen-bond acceptors (Lipinski definition) is 8. The second-order valence-corrected chi connectivity index (χ2v) is 10.8. The van der Waals surface area contributed by atoms with Gasteiger partial charge in [-0.2, -0.15) is 9.78 Å². The van der Waals surface area contributed by atoms with E-state index in [1.54, 1.807) is 37.4 Å². The van der Waals surface area contributed by atoms with Gasteiger partial charge in [-0.15, -0.1) is 0 Å². The number of halogens is 1. The number of carbonyl (C=O) groups excluding carboxylic acids is 1. The molecule has 0 aliphatic heterocycles. The van der Waals surface area contributed by atoms with Crippen LogP contribution in [-0.2, 0) is 9.53 Å². The lowest BCUT2D eigenvalue weighted by atomic mass is 9.96. The van der Waals surface area contributed by atoms with Crippen molar-refractivity contribution in [2.75, 3.05) is 20.8 Å². The van der Waals surface area contributed by atoms with Crippen molar-refractivity contribution in [2.45, 2.75) is 46.6 Å². The third-order valence-corrected chi connectivity index (χ3v) is 7.26. The molecule has 10 heteroatoms. The largest absolute Gasteiger partial charge is 0.494 e. The summed E-state index contributed by atoms with van der Waals surface area (Å²) in [6, 6.07) is 14.7. The van der Waals surface area contributed by atoms with E-state index in [0.717, 1.165) is 22.4 Å². The van der Waals surface area contributed by atoms with E-state index in [-0.39, 0.29) is 11.5 Å². The van der Waals surface area contributed by atoms with Crippen molar-refractivity contribution >= 4 is 39.0 Å². The molecule has 220 valence electrons. The highest BCUT2D eigenvalue weighted by molar-refractivity contribution is 9.10. The van der Waals surface area contributed by atoms with E-state index in [4.69, 9.17) is 23.9 Å². The van der Waals surface area contributed by atoms with Crippen molar-refractivity contribution in [1.82, 2.24) is 9.66 Å². The van der Waals surface area contributed by atoms with Gasteiger partial charge in [-0.05, 0) is 95.7 Å². The van der Waals surface area contributed by atoms with Crippen LogP contribution in [0, 0.1) is 6.92 Å². The number of aromatic nitrogens is 2. The molecular weight excluding hydrogens is 602 g/mol. The first-order valence-corrected chi connectivity index (χ1v) is 14.3. The van der Waals surface area contributed by atoms with Gasteiger partial charge in [0.1, 0.15) is 5.75 Å². The molecule has 0 fully saturated rings. The first kappa shape index (κ1) is 30.8. The topological polar surface area (TPSA) is 101 Å². The quantitative estimate of drug-likeness (QED) is 0.145. The molecule has 1 atom stereocenters. The molecule has 0 unspecified atom stereocenters. The van der Waals surface area contributed by atoms with Crippen LogP contribution in [0.25, 0.3) is 22.3 Å². The molecule has 4 rings (SSSR count). The maximum atomic E-state index is 13.8. The monoisotopic (exact) mass is 635 g/mol. The van der Waals surface area contributed by atoms with Crippen molar-refractivity contribution < 1.29 is 23.7 Å². The molecule has 0 saturated carbocycles. The van der Waals surface area contributed by atoms with E-state index >= 15 is 0 Å². The molecule has 3 aromatic carbocycles. The number of methoxy groups -OCH3 is 2. The molecule has 0 N–H and O–H groups in total. The van der Waals surface area contributed by atoms with Crippen LogP contribution in [0.5, 0.6) is 17.2 Å². The average molecular weight is 637 g/mol. The first-order valence-electron chi connectivity index (χ1n) is 13.5. The second kappa shape index (κ2) is 13.2. The summed E-state index contributed by atoms with van der Waals surface area (Å²) in [6.07, 6.45) is 0.702. The van der Waals surface area contributed by atoms with Gasteiger partial charge in [0, 0.05) is 5.56 Å². The summed E-state index contributed by atoms with van der Waals surface area (Å²) in [4.78, 5) is 30.6. The summed E-state index contributed by atoms with van der Waals surface area (Å²) in [5, 5.41) is 5.07. The normalized spacial score (nSPS) is 12.1. The Bertz CT molecular complexity index is 1710. The number of carbonyl (C=O) groups is 1. The summed E-state index contributed by atoms with van der Waals surface area (Å²) in [7, 11) is 2.79. The Hall–Kier alpha value is -4.18. The minimum atomic E-state index is -0.849. The summed E-state index contributed by atoms with van der Waals surface area (Å²) in [5.74, 6) is 1.60.